The molecule has 0 aliphatic heterocycles. The molecule has 0 heterocycles. The van der Waals surface area contributed by atoms with Crippen LogP contribution in [0.25, 0.3) is 0 Å². The van der Waals surface area contributed by atoms with Crippen molar-refractivity contribution in [3.8, 4) is 5.75 Å². The number of carbonyl (C=O) groups is 1. The van der Waals surface area contributed by atoms with Crippen molar-refractivity contribution >= 4 is 5.97 Å². The summed E-state index contributed by atoms with van der Waals surface area (Å²) in [6.07, 6.45) is -4.58. The van der Waals surface area contributed by atoms with Crippen molar-refractivity contribution in [1.29, 1.82) is 0 Å². The van der Waals surface area contributed by atoms with E-state index in [1.54, 1.807) is 6.92 Å². The fourth-order valence-corrected chi connectivity index (χ4v) is 1.35. The predicted molar refractivity (Wildman–Crippen MR) is 54.0 cm³/mol. The van der Waals surface area contributed by atoms with Gasteiger partial charge < -0.3 is 9.47 Å². The Morgan fingerprint density at radius 3 is 2.47 bits per heavy atom. The molecule has 0 radical (unpaired) electrons. The first-order chi connectivity index (χ1) is 7.91. The van der Waals surface area contributed by atoms with Gasteiger partial charge in [0.25, 0.3) is 0 Å². The van der Waals surface area contributed by atoms with E-state index in [1.807, 2.05) is 0 Å². The maximum Gasteiger partial charge on any atom is 0.419 e. The maximum atomic E-state index is 12.6. The number of halogens is 3. The molecule has 0 saturated carbocycles. The Morgan fingerprint density at radius 1 is 1.35 bits per heavy atom. The molecule has 0 saturated heterocycles. The third-order valence-electron chi connectivity index (χ3n) is 2.02. The topological polar surface area (TPSA) is 35.5 Å². The normalized spacial score (nSPS) is 11.1. The summed E-state index contributed by atoms with van der Waals surface area (Å²) in [7, 11) is 1.08. The lowest BCUT2D eigenvalue weighted by atomic mass is 10.1. The van der Waals surface area contributed by atoms with Gasteiger partial charge in [-0.05, 0) is 19.1 Å². The Balaban J connectivity index is 3.29. The van der Waals surface area contributed by atoms with Gasteiger partial charge in [0.05, 0.1) is 19.3 Å². The molecule has 94 valence electrons. The van der Waals surface area contributed by atoms with Gasteiger partial charge in [0, 0.05) is 0 Å². The van der Waals surface area contributed by atoms with Crippen LogP contribution in [0.2, 0.25) is 0 Å². The Labute approximate surface area is 96.1 Å². The summed E-state index contributed by atoms with van der Waals surface area (Å²) < 4.78 is 47.2. The molecule has 0 atom stereocenters. The van der Waals surface area contributed by atoms with Crippen LogP contribution in [0.1, 0.15) is 22.8 Å². The molecule has 1 aromatic carbocycles. The van der Waals surface area contributed by atoms with Crippen molar-refractivity contribution < 1.29 is 27.4 Å². The highest BCUT2D eigenvalue weighted by atomic mass is 19.4. The summed E-state index contributed by atoms with van der Waals surface area (Å²) in [6.45, 7) is 1.65. The predicted octanol–water partition coefficient (Wildman–Crippen LogP) is 2.89. The third kappa shape index (κ3) is 2.89. The van der Waals surface area contributed by atoms with Crippen molar-refractivity contribution in [3.63, 3.8) is 0 Å². The summed E-state index contributed by atoms with van der Waals surface area (Å²) >= 11 is 0. The zero-order valence-electron chi connectivity index (χ0n) is 9.30. The molecular formula is C11H11F3O3. The van der Waals surface area contributed by atoms with Crippen molar-refractivity contribution in [2.75, 3.05) is 13.7 Å². The molecule has 0 aromatic heterocycles. The number of esters is 1. The van der Waals surface area contributed by atoms with E-state index in [2.05, 4.69) is 9.47 Å². The number of hydrogen-bond donors (Lipinski definition) is 0. The molecule has 0 N–H and O–H groups in total. The van der Waals surface area contributed by atoms with Gasteiger partial charge in [-0.25, -0.2) is 4.79 Å². The lowest BCUT2D eigenvalue weighted by Crippen LogP contribution is -2.13. The molecule has 0 bridgehead atoms. The molecule has 3 nitrogen and oxygen atoms in total. The number of ether oxygens (including phenoxy) is 2. The number of hydrogen-bond acceptors (Lipinski definition) is 3. The summed E-state index contributed by atoms with van der Waals surface area (Å²) in [4.78, 5) is 11.4. The number of methoxy groups -OCH3 is 1. The van der Waals surface area contributed by atoms with Gasteiger partial charge in [-0.3, -0.25) is 0 Å². The molecule has 0 fully saturated rings. The van der Waals surface area contributed by atoms with Crippen molar-refractivity contribution in [2.24, 2.45) is 0 Å². The second kappa shape index (κ2) is 5.07. The van der Waals surface area contributed by atoms with Crippen LogP contribution < -0.4 is 4.74 Å². The monoisotopic (exact) mass is 248 g/mol. The van der Waals surface area contributed by atoms with Crippen LogP contribution in [0.15, 0.2) is 18.2 Å². The zero-order valence-corrected chi connectivity index (χ0v) is 9.30. The minimum atomic E-state index is -4.58. The van der Waals surface area contributed by atoms with E-state index in [4.69, 9.17) is 0 Å². The van der Waals surface area contributed by atoms with Crippen LogP contribution in [0, 0.1) is 0 Å². The molecule has 1 rings (SSSR count). The quantitative estimate of drug-likeness (QED) is 0.771. The van der Waals surface area contributed by atoms with Gasteiger partial charge in [0.2, 0.25) is 0 Å². The van der Waals surface area contributed by atoms with Crippen LogP contribution in [-0.4, -0.2) is 19.7 Å². The van der Waals surface area contributed by atoms with E-state index in [0.717, 1.165) is 19.2 Å². The van der Waals surface area contributed by atoms with Gasteiger partial charge in [-0.15, -0.1) is 0 Å². The lowest BCUT2D eigenvalue weighted by Gasteiger charge is -2.14. The highest BCUT2D eigenvalue weighted by Gasteiger charge is 2.36. The second-order valence-corrected chi connectivity index (χ2v) is 3.10. The van der Waals surface area contributed by atoms with Crippen molar-refractivity contribution in [2.45, 2.75) is 13.1 Å². The molecule has 1 aromatic rings. The van der Waals surface area contributed by atoms with Gasteiger partial charge in [-0.1, -0.05) is 6.07 Å². The number of alkyl halides is 3. The van der Waals surface area contributed by atoms with E-state index in [0.29, 0.717) is 0 Å². The molecule has 0 amide bonds. The molecule has 0 aliphatic carbocycles. The Bertz CT molecular complexity index is 413. The molecule has 17 heavy (non-hydrogen) atoms. The Morgan fingerprint density at radius 2 is 2.00 bits per heavy atom. The number of rotatable bonds is 3. The third-order valence-corrected chi connectivity index (χ3v) is 2.02. The summed E-state index contributed by atoms with van der Waals surface area (Å²) in [5.41, 5.74) is -1.23. The van der Waals surface area contributed by atoms with Gasteiger partial charge >= 0.3 is 12.1 Å². The minimum Gasteiger partial charge on any atom is -0.495 e. The lowest BCUT2D eigenvalue weighted by molar-refractivity contribution is -0.138. The average molecular weight is 248 g/mol. The molecular weight excluding hydrogens is 237 g/mol. The molecule has 6 heteroatoms. The van der Waals surface area contributed by atoms with E-state index in [9.17, 15) is 18.0 Å². The smallest absolute Gasteiger partial charge is 0.419 e. The Hall–Kier alpha value is -1.72. The first kappa shape index (κ1) is 13.3. The first-order valence-electron chi connectivity index (χ1n) is 4.83. The van der Waals surface area contributed by atoms with Gasteiger partial charge in [0.15, 0.2) is 0 Å². The fourth-order valence-electron chi connectivity index (χ4n) is 1.35. The fraction of sp³-hybridized carbons (Fsp3) is 0.364. The van der Waals surface area contributed by atoms with E-state index < -0.39 is 23.5 Å². The van der Waals surface area contributed by atoms with Crippen LogP contribution in [0.4, 0.5) is 13.2 Å². The molecule has 0 unspecified atom stereocenters. The highest BCUT2D eigenvalue weighted by molar-refractivity contribution is 5.93. The van der Waals surface area contributed by atoms with Crippen molar-refractivity contribution in [3.05, 3.63) is 29.3 Å². The standard InChI is InChI=1S/C11H11F3O3/c1-3-17-10(15)7-5-4-6-8(9(7)16-2)11(12,13)14/h4-6H,3H2,1-2H3. The second-order valence-electron chi connectivity index (χ2n) is 3.10. The van der Waals surface area contributed by atoms with Gasteiger partial charge in [-0.2, -0.15) is 13.2 Å². The van der Waals surface area contributed by atoms with Crippen molar-refractivity contribution in [1.82, 2.24) is 0 Å². The van der Waals surface area contributed by atoms with E-state index in [1.165, 1.54) is 6.07 Å². The summed E-state index contributed by atoms with van der Waals surface area (Å²) in [5.74, 6) is -1.35. The number of para-hydroxylation sites is 1. The molecule has 0 aliphatic rings. The summed E-state index contributed by atoms with van der Waals surface area (Å²) in [5, 5.41) is 0. The maximum absolute atomic E-state index is 12.6. The van der Waals surface area contributed by atoms with Gasteiger partial charge in [0.1, 0.15) is 11.3 Å². The minimum absolute atomic E-state index is 0.0816. The largest absolute Gasteiger partial charge is 0.495 e. The average Bonchev–Trinajstić information content (AvgIpc) is 2.27. The van der Waals surface area contributed by atoms with E-state index >= 15 is 0 Å². The molecule has 0 spiro atoms. The summed E-state index contributed by atoms with van der Waals surface area (Å²) in [6, 6.07) is 3.21. The first-order valence-corrected chi connectivity index (χ1v) is 4.83. The van der Waals surface area contributed by atoms with Crippen LogP contribution >= 0.6 is 0 Å². The SMILES string of the molecule is CCOC(=O)c1cccc(C(F)(F)F)c1OC. The number of carbonyl (C=O) groups excluding carboxylic acids is 1. The Kier molecular flexibility index (Phi) is 3.98. The zero-order chi connectivity index (χ0) is 13.1. The van der Waals surface area contributed by atoms with Crippen LogP contribution in [-0.2, 0) is 10.9 Å². The number of benzene rings is 1. The van der Waals surface area contributed by atoms with Crippen LogP contribution in [0.5, 0.6) is 5.75 Å². The van der Waals surface area contributed by atoms with E-state index in [-0.39, 0.29) is 12.2 Å². The van der Waals surface area contributed by atoms with Crippen LogP contribution in [0.3, 0.4) is 0 Å². The highest BCUT2D eigenvalue weighted by Crippen LogP contribution is 2.38.